The summed E-state index contributed by atoms with van der Waals surface area (Å²) in [6.45, 7) is 9.77. The van der Waals surface area contributed by atoms with Gasteiger partial charge in [-0.3, -0.25) is 24.5 Å². The number of nitrogens with zero attached hydrogens (tertiary/aromatic N) is 8. The van der Waals surface area contributed by atoms with E-state index in [0.29, 0.717) is 25.9 Å². The van der Waals surface area contributed by atoms with Crippen LogP contribution in [0.3, 0.4) is 0 Å². The molecule has 4 fully saturated rings. The maximum Gasteiger partial charge on any atom is 0.416 e. The number of likely N-dealkylation sites (N-methyl/N-ethyl adjacent to an activating group) is 5. The zero-order valence-electron chi connectivity index (χ0n) is 42.5. The molecule has 8 heterocycles. The molecule has 4 saturated heterocycles. The molecule has 4 aromatic carbocycles. The molecule has 0 N–H and O–H groups in total. The summed E-state index contributed by atoms with van der Waals surface area (Å²) in [6.07, 6.45) is 0.380. The lowest BCUT2D eigenvalue weighted by atomic mass is 9.54. The first kappa shape index (κ1) is 45.4. The van der Waals surface area contributed by atoms with E-state index in [-0.39, 0.29) is 24.4 Å². The summed E-state index contributed by atoms with van der Waals surface area (Å²) in [5.41, 5.74) is 8.78. The van der Waals surface area contributed by atoms with Gasteiger partial charge in [-0.15, -0.1) is 0 Å². The highest BCUT2D eigenvalue weighted by Crippen LogP contribution is 2.72. The van der Waals surface area contributed by atoms with E-state index in [2.05, 4.69) is 158 Å². The van der Waals surface area contributed by atoms with Crippen molar-refractivity contribution in [3.05, 3.63) is 118 Å². The molecule has 14 nitrogen and oxygen atoms in total. The summed E-state index contributed by atoms with van der Waals surface area (Å²) in [4.78, 5) is 62.3. The Labute approximate surface area is 413 Å². The summed E-state index contributed by atoms with van der Waals surface area (Å²) < 4.78 is 17.8. The molecular weight excluding hydrogens is 897 g/mol. The molecule has 4 aromatic rings. The van der Waals surface area contributed by atoms with Gasteiger partial charge in [-0.05, 0) is 91.3 Å². The van der Waals surface area contributed by atoms with Gasteiger partial charge in [-0.1, -0.05) is 92.4 Å². The quantitative estimate of drug-likeness (QED) is 0.139. The Kier molecular flexibility index (Phi) is 9.96. The summed E-state index contributed by atoms with van der Waals surface area (Å²) in [5, 5.41) is 0. The topological polar surface area (TPSA) is 105 Å². The van der Waals surface area contributed by atoms with E-state index in [1.165, 1.54) is 42.3 Å². The first-order chi connectivity index (χ1) is 33.6. The van der Waals surface area contributed by atoms with Gasteiger partial charge >= 0.3 is 18.3 Å². The van der Waals surface area contributed by atoms with Crippen LogP contribution in [-0.2, 0) is 35.9 Å². The molecule has 368 valence electrons. The highest BCUT2D eigenvalue weighted by atomic mass is 28.3. The number of amides is 3. The Balaban J connectivity index is 1.15. The van der Waals surface area contributed by atoms with E-state index in [1.807, 2.05) is 20.8 Å². The van der Waals surface area contributed by atoms with E-state index < -0.39 is 54.9 Å². The van der Waals surface area contributed by atoms with Crippen molar-refractivity contribution in [3.8, 4) is 0 Å². The minimum absolute atomic E-state index is 0.123. The summed E-state index contributed by atoms with van der Waals surface area (Å²) in [5.74, 6) is 0. The zero-order chi connectivity index (χ0) is 49.0. The molecule has 8 aliphatic rings. The highest BCUT2D eigenvalue weighted by Gasteiger charge is 2.77. The van der Waals surface area contributed by atoms with Crippen molar-refractivity contribution in [2.24, 2.45) is 0 Å². The Morgan fingerprint density at radius 1 is 0.514 bits per heavy atom. The van der Waals surface area contributed by atoms with Crippen LogP contribution in [0.1, 0.15) is 59.1 Å². The van der Waals surface area contributed by atoms with Gasteiger partial charge in [-0.25, -0.2) is 14.4 Å². The second kappa shape index (κ2) is 15.4. The fourth-order valence-electron chi connectivity index (χ4n) is 16.4. The Hall–Kier alpha value is -5.77. The van der Waals surface area contributed by atoms with Gasteiger partial charge in [0, 0.05) is 77.9 Å². The SMILES string of the molecule is COC(=O)N1CCC2(c3cccc4c3N(C(=O)OCC[Si](C)(C)C)C3N(C(=O)OC)CCC43C34CCN(C)C3N(C)c3c(C56CCN(C)C5N(C)c5ccccc56)cccc34)c3ccccc3N(C)C12. The molecule has 0 bridgehead atoms. The fourth-order valence-corrected chi connectivity index (χ4v) is 17.1. The molecule has 0 aromatic heterocycles. The number of benzene rings is 4. The van der Waals surface area contributed by atoms with Crippen LogP contribution in [0, 0.1) is 0 Å². The third-order valence-electron chi connectivity index (χ3n) is 18.8. The fraction of sp³-hybridized carbons (Fsp3) is 0.509. The minimum Gasteiger partial charge on any atom is -0.453 e. The largest absolute Gasteiger partial charge is 0.453 e. The minimum atomic E-state index is -1.64. The maximum absolute atomic E-state index is 15.8. The summed E-state index contributed by atoms with van der Waals surface area (Å²) >= 11 is 0. The molecule has 8 atom stereocenters. The normalized spacial score (nSPS) is 31.3. The lowest BCUT2D eigenvalue weighted by molar-refractivity contribution is 0.0851. The number of fused-ring (bicyclic) bond motifs is 13. The number of methoxy groups -OCH3 is 2. The lowest BCUT2D eigenvalue weighted by Gasteiger charge is -2.50. The predicted octanol–water partition coefficient (Wildman–Crippen LogP) is 8.00. The predicted molar refractivity (Wildman–Crippen MR) is 275 cm³/mol. The molecule has 0 spiro atoms. The van der Waals surface area contributed by atoms with E-state index in [9.17, 15) is 9.59 Å². The Morgan fingerprint density at radius 2 is 0.971 bits per heavy atom. The number of carbonyl (C=O) groups excluding carboxylic acids is 3. The zero-order valence-corrected chi connectivity index (χ0v) is 43.5. The molecule has 8 unspecified atom stereocenters. The Morgan fingerprint density at radius 3 is 1.60 bits per heavy atom. The number of likely N-dealkylation sites (tertiary alicyclic amines) is 4. The van der Waals surface area contributed by atoms with Crippen LogP contribution in [0.15, 0.2) is 84.9 Å². The Bertz CT molecular complexity index is 2860. The monoisotopic (exact) mass is 965 g/mol. The molecular formula is C55H68N8O6Si. The third kappa shape index (κ3) is 5.38. The van der Waals surface area contributed by atoms with Gasteiger partial charge in [0.05, 0.1) is 55.1 Å². The maximum atomic E-state index is 15.8. The number of ether oxygens (including phenoxy) is 3. The van der Waals surface area contributed by atoms with Crippen LogP contribution >= 0.6 is 0 Å². The van der Waals surface area contributed by atoms with Crippen molar-refractivity contribution in [2.45, 2.75) is 97.7 Å². The van der Waals surface area contributed by atoms with Crippen molar-refractivity contribution < 1.29 is 28.6 Å². The van der Waals surface area contributed by atoms with Crippen LogP contribution in [-0.4, -0.2) is 153 Å². The van der Waals surface area contributed by atoms with Crippen LogP contribution in [0.4, 0.5) is 37.1 Å². The molecule has 3 amide bonds. The molecule has 0 saturated carbocycles. The molecule has 12 rings (SSSR count). The second-order valence-electron chi connectivity index (χ2n) is 22.7. The molecule has 70 heavy (non-hydrogen) atoms. The molecule has 15 heteroatoms. The standard InChI is InChI=1S/C55H68N8O6Si/c1-56-29-25-52(35-17-11-13-23-41(35)58(3)45(52)56)37-19-15-21-39-43(37)60(5)47-54(39,27-30-57(47)2)55-28-32-62(50(65)68-7)48(55)63(51(66)69-33-34-70(8,9)10)44-38(20-16-22-40(44)55)53-26-31-61(49(64)67-6)46(53)59(4)42-24-14-12-18-36(42)53/h11-24,45-48H,25-34H2,1-10H3. The summed E-state index contributed by atoms with van der Waals surface area (Å²) in [7, 11) is 12.4. The lowest BCUT2D eigenvalue weighted by Crippen LogP contribution is -2.64. The van der Waals surface area contributed by atoms with E-state index >= 15 is 4.79 Å². The van der Waals surface area contributed by atoms with Gasteiger partial charge in [0.25, 0.3) is 0 Å². The van der Waals surface area contributed by atoms with E-state index in [0.717, 1.165) is 60.0 Å². The van der Waals surface area contributed by atoms with Crippen LogP contribution in [0.2, 0.25) is 25.7 Å². The molecule has 0 aliphatic carbocycles. The smallest absolute Gasteiger partial charge is 0.416 e. The first-order valence-corrected chi connectivity index (χ1v) is 29.0. The van der Waals surface area contributed by atoms with Crippen molar-refractivity contribution in [3.63, 3.8) is 0 Å². The van der Waals surface area contributed by atoms with Gasteiger partial charge in [-0.2, -0.15) is 0 Å². The van der Waals surface area contributed by atoms with Gasteiger partial charge in [0.2, 0.25) is 0 Å². The van der Waals surface area contributed by atoms with Crippen LogP contribution in [0.5, 0.6) is 0 Å². The third-order valence-corrected chi connectivity index (χ3v) is 20.5. The van der Waals surface area contributed by atoms with Crippen molar-refractivity contribution in [2.75, 3.05) is 102 Å². The summed E-state index contributed by atoms with van der Waals surface area (Å²) in [6, 6.07) is 31.8. The average Bonchev–Trinajstić information content (AvgIpc) is 4.23. The second-order valence-corrected chi connectivity index (χ2v) is 28.4. The average molecular weight is 965 g/mol. The van der Waals surface area contributed by atoms with E-state index in [4.69, 9.17) is 14.2 Å². The van der Waals surface area contributed by atoms with Crippen molar-refractivity contribution in [1.82, 2.24) is 19.6 Å². The van der Waals surface area contributed by atoms with Gasteiger partial charge in [0.15, 0.2) is 0 Å². The van der Waals surface area contributed by atoms with Gasteiger partial charge in [0.1, 0.15) is 12.3 Å². The first-order valence-electron chi connectivity index (χ1n) is 25.3. The van der Waals surface area contributed by atoms with E-state index in [1.54, 1.807) is 0 Å². The van der Waals surface area contributed by atoms with Crippen molar-refractivity contribution in [1.29, 1.82) is 0 Å². The number of hydrogen-bond acceptors (Lipinski definition) is 11. The number of anilines is 4. The van der Waals surface area contributed by atoms with Crippen LogP contribution < -0.4 is 19.6 Å². The van der Waals surface area contributed by atoms with Crippen molar-refractivity contribution >= 4 is 49.1 Å². The highest BCUT2D eigenvalue weighted by molar-refractivity contribution is 6.76. The molecule has 8 aliphatic heterocycles. The number of hydrogen-bond donors (Lipinski definition) is 0. The van der Waals surface area contributed by atoms with Crippen LogP contribution in [0.25, 0.3) is 0 Å². The number of rotatable bonds is 6. The van der Waals surface area contributed by atoms with Gasteiger partial charge < -0.3 is 28.9 Å². The number of carbonyl (C=O) groups is 3. The molecule has 0 radical (unpaired) electrons. The number of para-hydroxylation sites is 4.